The smallest absolute Gasteiger partial charge is 0.223 e. The molecule has 1 amide bonds. The Morgan fingerprint density at radius 3 is 2.29 bits per heavy atom. The highest BCUT2D eigenvalue weighted by atomic mass is 16.1. The lowest BCUT2D eigenvalue weighted by Gasteiger charge is -2.18. The van der Waals surface area contributed by atoms with Gasteiger partial charge in [0.15, 0.2) is 0 Å². The molecule has 1 aromatic carbocycles. The summed E-state index contributed by atoms with van der Waals surface area (Å²) in [5.41, 5.74) is 8.21. The van der Waals surface area contributed by atoms with Crippen LogP contribution in [-0.4, -0.2) is 11.9 Å². The van der Waals surface area contributed by atoms with Gasteiger partial charge in [0.2, 0.25) is 5.91 Å². The maximum absolute atomic E-state index is 12.2. The van der Waals surface area contributed by atoms with Crippen molar-refractivity contribution in [2.24, 2.45) is 11.7 Å². The maximum Gasteiger partial charge on any atom is 0.223 e. The zero-order chi connectivity index (χ0) is 15.8. The summed E-state index contributed by atoms with van der Waals surface area (Å²) in [7, 11) is 0. The van der Waals surface area contributed by atoms with E-state index in [4.69, 9.17) is 5.73 Å². The van der Waals surface area contributed by atoms with Crippen molar-refractivity contribution >= 4 is 5.91 Å². The van der Waals surface area contributed by atoms with Gasteiger partial charge in [-0.3, -0.25) is 4.79 Å². The predicted molar refractivity (Wildman–Crippen MR) is 89.0 cm³/mol. The average Bonchev–Trinajstić information content (AvgIpc) is 2.46. The van der Waals surface area contributed by atoms with E-state index in [1.165, 1.54) is 5.56 Å². The highest BCUT2D eigenvalue weighted by Gasteiger charge is 2.16. The number of nitrogens with two attached hydrogens (primary N) is 1. The molecule has 1 rings (SSSR count). The number of carbonyl (C=O) groups excluding carboxylic acids is 1. The van der Waals surface area contributed by atoms with Gasteiger partial charge in [-0.15, -0.1) is 0 Å². The first kappa shape index (κ1) is 17.7. The highest BCUT2D eigenvalue weighted by Crippen LogP contribution is 2.16. The Morgan fingerprint density at radius 1 is 1.14 bits per heavy atom. The molecule has 3 atom stereocenters. The quantitative estimate of drug-likeness (QED) is 0.769. The van der Waals surface area contributed by atoms with Crippen LogP contribution in [0.1, 0.15) is 64.1 Å². The molecule has 0 bridgehead atoms. The summed E-state index contributed by atoms with van der Waals surface area (Å²) in [5, 5.41) is 3.10. The summed E-state index contributed by atoms with van der Waals surface area (Å²) in [6.45, 7) is 8.17. The van der Waals surface area contributed by atoms with Crippen molar-refractivity contribution in [3.8, 4) is 0 Å². The number of nitrogens with one attached hydrogen (secondary N) is 1. The van der Waals surface area contributed by atoms with Crippen LogP contribution in [0.25, 0.3) is 0 Å². The Hall–Kier alpha value is -1.35. The molecular formula is C18H30N2O. The standard InChI is InChI=1S/C18H30N2O/c1-5-16-9-11-17(12-10-16)15(4)20-18(21)13(2)7-6-8-14(3)19/h9-15H,5-8,19H2,1-4H3,(H,20,21). The lowest BCUT2D eigenvalue weighted by Crippen LogP contribution is -2.31. The fraction of sp³-hybridized carbons (Fsp3) is 0.611. The first-order valence-electron chi connectivity index (χ1n) is 8.08. The molecule has 0 aliphatic carbocycles. The molecule has 118 valence electrons. The van der Waals surface area contributed by atoms with Crippen LogP contribution in [0.2, 0.25) is 0 Å². The molecule has 0 heterocycles. The van der Waals surface area contributed by atoms with E-state index in [1.807, 2.05) is 20.8 Å². The van der Waals surface area contributed by atoms with E-state index in [-0.39, 0.29) is 23.9 Å². The molecule has 0 spiro atoms. The summed E-state index contributed by atoms with van der Waals surface area (Å²) in [6, 6.07) is 8.74. The Bertz CT molecular complexity index is 425. The number of hydrogen-bond donors (Lipinski definition) is 2. The molecule has 21 heavy (non-hydrogen) atoms. The van der Waals surface area contributed by atoms with Gasteiger partial charge in [-0.25, -0.2) is 0 Å². The molecule has 0 radical (unpaired) electrons. The molecule has 0 fully saturated rings. The zero-order valence-electron chi connectivity index (χ0n) is 13.9. The summed E-state index contributed by atoms with van der Waals surface area (Å²) >= 11 is 0. The number of rotatable bonds is 8. The third kappa shape index (κ3) is 6.30. The van der Waals surface area contributed by atoms with Gasteiger partial charge in [0.05, 0.1) is 6.04 Å². The number of hydrogen-bond acceptors (Lipinski definition) is 2. The molecule has 0 aliphatic heterocycles. The van der Waals surface area contributed by atoms with E-state index in [0.29, 0.717) is 0 Å². The van der Waals surface area contributed by atoms with E-state index in [2.05, 4.69) is 36.5 Å². The summed E-state index contributed by atoms with van der Waals surface area (Å²) in [6.07, 6.45) is 3.92. The van der Waals surface area contributed by atoms with Crippen molar-refractivity contribution < 1.29 is 4.79 Å². The molecule has 3 unspecified atom stereocenters. The Morgan fingerprint density at radius 2 is 1.76 bits per heavy atom. The fourth-order valence-corrected chi connectivity index (χ4v) is 2.36. The lowest BCUT2D eigenvalue weighted by molar-refractivity contribution is -0.125. The van der Waals surface area contributed by atoms with Gasteiger partial charge in [0.1, 0.15) is 0 Å². The first-order chi connectivity index (χ1) is 9.93. The van der Waals surface area contributed by atoms with Gasteiger partial charge in [0, 0.05) is 12.0 Å². The molecule has 0 aliphatic rings. The van der Waals surface area contributed by atoms with Gasteiger partial charge in [-0.2, -0.15) is 0 Å². The number of benzene rings is 1. The third-order valence-electron chi connectivity index (χ3n) is 3.99. The number of amides is 1. The predicted octanol–water partition coefficient (Wildman–Crippen LogP) is 3.58. The summed E-state index contributed by atoms with van der Waals surface area (Å²) in [4.78, 5) is 12.2. The van der Waals surface area contributed by atoms with Crippen LogP contribution >= 0.6 is 0 Å². The summed E-state index contributed by atoms with van der Waals surface area (Å²) in [5.74, 6) is 0.174. The number of carbonyl (C=O) groups is 1. The molecule has 3 heteroatoms. The molecular weight excluding hydrogens is 260 g/mol. The molecule has 0 saturated carbocycles. The Kier molecular flexibility index (Phi) is 7.44. The SMILES string of the molecule is CCc1ccc(C(C)NC(=O)C(C)CCCC(C)N)cc1. The van der Waals surface area contributed by atoms with Crippen LogP contribution in [-0.2, 0) is 11.2 Å². The molecule has 0 saturated heterocycles. The van der Waals surface area contributed by atoms with Crippen molar-refractivity contribution in [1.82, 2.24) is 5.32 Å². The van der Waals surface area contributed by atoms with E-state index < -0.39 is 0 Å². The third-order valence-corrected chi connectivity index (χ3v) is 3.99. The molecule has 1 aromatic rings. The van der Waals surface area contributed by atoms with Crippen LogP contribution in [0.15, 0.2) is 24.3 Å². The Balaban J connectivity index is 2.44. The largest absolute Gasteiger partial charge is 0.349 e. The van der Waals surface area contributed by atoms with Crippen LogP contribution in [0, 0.1) is 5.92 Å². The van der Waals surface area contributed by atoms with Gasteiger partial charge in [0.25, 0.3) is 0 Å². The first-order valence-corrected chi connectivity index (χ1v) is 8.08. The minimum atomic E-state index is 0.0427. The van der Waals surface area contributed by atoms with Crippen molar-refractivity contribution in [1.29, 1.82) is 0 Å². The summed E-state index contributed by atoms with van der Waals surface area (Å²) < 4.78 is 0. The molecule has 3 nitrogen and oxygen atoms in total. The minimum absolute atomic E-state index is 0.0427. The second-order valence-electron chi connectivity index (χ2n) is 6.13. The maximum atomic E-state index is 12.2. The van der Waals surface area contributed by atoms with Crippen molar-refractivity contribution in [2.75, 3.05) is 0 Å². The van der Waals surface area contributed by atoms with Gasteiger partial charge >= 0.3 is 0 Å². The highest BCUT2D eigenvalue weighted by molar-refractivity contribution is 5.78. The fourth-order valence-electron chi connectivity index (χ4n) is 2.36. The number of aryl methyl sites for hydroxylation is 1. The minimum Gasteiger partial charge on any atom is -0.349 e. The van der Waals surface area contributed by atoms with Crippen LogP contribution in [0.4, 0.5) is 0 Å². The molecule has 3 N–H and O–H groups in total. The zero-order valence-corrected chi connectivity index (χ0v) is 13.9. The van der Waals surface area contributed by atoms with Crippen LogP contribution in [0.5, 0.6) is 0 Å². The van der Waals surface area contributed by atoms with Gasteiger partial charge in [-0.05, 0) is 44.2 Å². The van der Waals surface area contributed by atoms with E-state index in [0.717, 1.165) is 31.2 Å². The van der Waals surface area contributed by atoms with E-state index >= 15 is 0 Å². The van der Waals surface area contributed by atoms with Gasteiger partial charge < -0.3 is 11.1 Å². The topological polar surface area (TPSA) is 55.1 Å². The molecule has 0 aromatic heterocycles. The van der Waals surface area contributed by atoms with Crippen molar-refractivity contribution in [3.05, 3.63) is 35.4 Å². The lowest BCUT2D eigenvalue weighted by atomic mass is 10.00. The van der Waals surface area contributed by atoms with Crippen molar-refractivity contribution in [3.63, 3.8) is 0 Å². The normalized spacial score (nSPS) is 15.3. The van der Waals surface area contributed by atoms with Gasteiger partial charge in [-0.1, -0.05) is 44.5 Å². The van der Waals surface area contributed by atoms with E-state index in [9.17, 15) is 4.79 Å². The van der Waals surface area contributed by atoms with Crippen LogP contribution in [0.3, 0.4) is 0 Å². The average molecular weight is 290 g/mol. The van der Waals surface area contributed by atoms with E-state index in [1.54, 1.807) is 0 Å². The van der Waals surface area contributed by atoms with Crippen LogP contribution < -0.4 is 11.1 Å². The second kappa shape index (κ2) is 8.83. The monoisotopic (exact) mass is 290 g/mol. The Labute approximate surface area is 129 Å². The van der Waals surface area contributed by atoms with Crippen molar-refractivity contribution in [2.45, 2.75) is 65.5 Å². The second-order valence-corrected chi connectivity index (χ2v) is 6.13.